The van der Waals surface area contributed by atoms with E-state index in [0.29, 0.717) is 18.8 Å². The minimum absolute atomic E-state index is 0.0447. The number of anilines is 2. The molecule has 0 bridgehead atoms. The normalized spacial score (nSPS) is 22.1. The van der Waals surface area contributed by atoms with E-state index in [1.807, 2.05) is 4.90 Å². The molecule has 0 spiro atoms. The number of carbonyl (C=O) groups excluding carboxylic acids is 1. The van der Waals surface area contributed by atoms with Crippen LogP contribution in [0.25, 0.3) is 0 Å². The quantitative estimate of drug-likeness (QED) is 0.530. The second-order valence-corrected chi connectivity index (χ2v) is 9.91. The predicted molar refractivity (Wildman–Crippen MR) is 136 cm³/mol. The Morgan fingerprint density at radius 3 is 2.72 bits per heavy atom. The first-order chi connectivity index (χ1) is 18.5. The number of aliphatic hydroxyl groups excluding tert-OH is 1. The van der Waals surface area contributed by atoms with Gasteiger partial charge < -0.3 is 19.6 Å². The SMILES string of the molecule is CCN(C(=O)[C@@H]1C[C@H](N2CCOC[C@@H]2CO)CN1c1nc(C)cc(C(F)(F)F)c1C#N)c1ccc(F)c(Cl)c1. The second-order valence-electron chi connectivity index (χ2n) is 9.51. The first-order valence-electron chi connectivity index (χ1n) is 12.5. The van der Waals surface area contributed by atoms with Crippen molar-refractivity contribution in [2.45, 2.75) is 44.6 Å². The average Bonchev–Trinajstić information content (AvgIpc) is 3.35. The molecule has 1 N–H and O–H groups in total. The molecule has 2 aliphatic rings. The van der Waals surface area contributed by atoms with Crippen LogP contribution < -0.4 is 9.80 Å². The van der Waals surface area contributed by atoms with Crippen molar-refractivity contribution in [2.75, 3.05) is 49.3 Å². The molecule has 2 fully saturated rings. The number of halogens is 5. The number of morpholine rings is 1. The first kappa shape index (κ1) is 29.0. The molecule has 2 saturated heterocycles. The molecule has 3 atom stereocenters. The van der Waals surface area contributed by atoms with Gasteiger partial charge in [-0.3, -0.25) is 9.69 Å². The van der Waals surface area contributed by atoms with Crippen molar-refractivity contribution in [1.82, 2.24) is 9.88 Å². The topological polar surface area (TPSA) is 92.9 Å². The molecule has 8 nitrogen and oxygen atoms in total. The van der Waals surface area contributed by atoms with Gasteiger partial charge in [-0.2, -0.15) is 18.4 Å². The number of ether oxygens (including phenoxy) is 1. The van der Waals surface area contributed by atoms with E-state index in [9.17, 15) is 32.7 Å². The van der Waals surface area contributed by atoms with Crippen LogP contribution in [0, 0.1) is 24.1 Å². The Hall–Kier alpha value is -2.98. The second kappa shape index (κ2) is 11.6. The molecule has 1 aromatic carbocycles. The number of hydrogen-bond donors (Lipinski definition) is 1. The van der Waals surface area contributed by atoms with Crippen LogP contribution in [0.3, 0.4) is 0 Å². The molecular weight excluding hydrogens is 542 g/mol. The van der Waals surface area contributed by atoms with Crippen LogP contribution in [0.2, 0.25) is 5.02 Å². The van der Waals surface area contributed by atoms with Gasteiger partial charge >= 0.3 is 6.18 Å². The molecule has 1 amide bonds. The van der Waals surface area contributed by atoms with Gasteiger partial charge in [-0.15, -0.1) is 0 Å². The highest BCUT2D eigenvalue weighted by molar-refractivity contribution is 6.31. The third kappa shape index (κ3) is 5.82. The third-order valence-corrected chi connectivity index (χ3v) is 7.42. The number of aryl methyl sites for hydroxylation is 1. The van der Waals surface area contributed by atoms with E-state index in [-0.39, 0.29) is 61.3 Å². The summed E-state index contributed by atoms with van der Waals surface area (Å²) in [6.07, 6.45) is -4.61. The summed E-state index contributed by atoms with van der Waals surface area (Å²) in [5.41, 5.74) is -1.42. The number of aliphatic hydroxyl groups is 1. The fraction of sp³-hybridized carbons (Fsp3) is 0.500. The lowest BCUT2D eigenvalue weighted by Gasteiger charge is -2.38. The Labute approximate surface area is 228 Å². The standard InChI is InChI=1S/C26H28ClF4N5O3/c1-3-34(16-4-5-22(28)21(27)9-16)25(38)23-10-17(35-6-7-39-14-18(35)13-37)12-36(23)24-19(11-32)20(26(29,30)31)8-15(2)33-24/h4-5,8-9,17-18,23,37H,3,6-7,10,12-14H2,1-2H3/t17-,18-,23-/m0/s1. The minimum Gasteiger partial charge on any atom is -0.395 e. The zero-order valence-corrected chi connectivity index (χ0v) is 22.1. The average molecular weight is 570 g/mol. The van der Waals surface area contributed by atoms with Crippen molar-refractivity contribution in [3.63, 3.8) is 0 Å². The number of hydrogen-bond acceptors (Lipinski definition) is 7. The number of aromatic nitrogens is 1. The van der Waals surface area contributed by atoms with Crippen LogP contribution in [0.4, 0.5) is 29.1 Å². The van der Waals surface area contributed by atoms with Gasteiger partial charge in [0.1, 0.15) is 29.3 Å². The molecule has 1 aromatic heterocycles. The monoisotopic (exact) mass is 569 g/mol. The van der Waals surface area contributed by atoms with Gasteiger partial charge in [0, 0.05) is 37.1 Å². The summed E-state index contributed by atoms with van der Waals surface area (Å²) in [6.45, 7) is 4.29. The van der Waals surface area contributed by atoms with Crippen molar-refractivity contribution in [2.24, 2.45) is 0 Å². The summed E-state index contributed by atoms with van der Waals surface area (Å²) in [5.74, 6) is -1.35. The molecule has 3 heterocycles. The van der Waals surface area contributed by atoms with E-state index in [1.54, 1.807) is 13.0 Å². The summed E-state index contributed by atoms with van der Waals surface area (Å²) in [4.78, 5) is 23.1. The maximum absolute atomic E-state index is 14.0. The van der Waals surface area contributed by atoms with Crippen molar-refractivity contribution in [3.8, 4) is 6.07 Å². The van der Waals surface area contributed by atoms with E-state index in [1.165, 1.54) is 28.9 Å². The van der Waals surface area contributed by atoms with E-state index in [4.69, 9.17) is 16.3 Å². The summed E-state index contributed by atoms with van der Waals surface area (Å²) >= 11 is 5.96. The van der Waals surface area contributed by atoms with Gasteiger partial charge in [-0.25, -0.2) is 9.37 Å². The van der Waals surface area contributed by atoms with Crippen molar-refractivity contribution in [1.29, 1.82) is 5.26 Å². The van der Waals surface area contributed by atoms with Crippen LogP contribution in [0.1, 0.15) is 30.2 Å². The fourth-order valence-electron chi connectivity index (χ4n) is 5.33. The van der Waals surface area contributed by atoms with Crippen LogP contribution in [0.15, 0.2) is 24.3 Å². The zero-order valence-electron chi connectivity index (χ0n) is 21.4. The maximum atomic E-state index is 14.0. The molecule has 4 rings (SSSR count). The Kier molecular flexibility index (Phi) is 8.66. The number of rotatable bonds is 6. The smallest absolute Gasteiger partial charge is 0.395 e. The van der Waals surface area contributed by atoms with Gasteiger partial charge in [-0.05, 0) is 44.5 Å². The molecule has 0 saturated carbocycles. The molecule has 2 aliphatic heterocycles. The molecule has 13 heteroatoms. The Morgan fingerprint density at radius 1 is 1.36 bits per heavy atom. The number of amides is 1. The van der Waals surface area contributed by atoms with E-state index >= 15 is 0 Å². The molecular formula is C26H28ClF4N5O3. The maximum Gasteiger partial charge on any atom is 0.417 e. The number of carbonyl (C=O) groups is 1. The van der Waals surface area contributed by atoms with Crippen LogP contribution in [-0.4, -0.2) is 78.5 Å². The predicted octanol–water partition coefficient (Wildman–Crippen LogP) is 3.77. The van der Waals surface area contributed by atoms with Crippen molar-refractivity contribution >= 4 is 29.0 Å². The highest BCUT2D eigenvalue weighted by atomic mass is 35.5. The molecule has 0 unspecified atom stereocenters. The first-order valence-corrected chi connectivity index (χ1v) is 12.8. The Morgan fingerprint density at radius 2 is 2.10 bits per heavy atom. The number of pyridine rings is 1. The van der Waals surface area contributed by atoms with Gasteiger partial charge in [0.05, 0.1) is 36.4 Å². The largest absolute Gasteiger partial charge is 0.417 e. The molecule has 210 valence electrons. The minimum atomic E-state index is -4.81. The lowest BCUT2D eigenvalue weighted by Crippen LogP contribution is -2.53. The van der Waals surface area contributed by atoms with Gasteiger partial charge in [0.25, 0.3) is 0 Å². The third-order valence-electron chi connectivity index (χ3n) is 7.13. The number of benzene rings is 1. The van der Waals surface area contributed by atoms with E-state index < -0.39 is 35.1 Å². The molecule has 0 aliphatic carbocycles. The number of nitriles is 1. The van der Waals surface area contributed by atoms with Gasteiger partial charge in [0.15, 0.2) is 0 Å². The van der Waals surface area contributed by atoms with Crippen LogP contribution >= 0.6 is 11.6 Å². The van der Waals surface area contributed by atoms with Crippen LogP contribution in [0.5, 0.6) is 0 Å². The summed E-state index contributed by atoms with van der Waals surface area (Å²) < 4.78 is 61.0. The summed E-state index contributed by atoms with van der Waals surface area (Å²) in [5, 5.41) is 19.5. The summed E-state index contributed by atoms with van der Waals surface area (Å²) in [6, 6.07) is 4.61. The molecule has 39 heavy (non-hydrogen) atoms. The van der Waals surface area contributed by atoms with Crippen molar-refractivity contribution in [3.05, 3.63) is 51.9 Å². The molecule has 2 aromatic rings. The van der Waals surface area contributed by atoms with E-state index in [0.717, 1.165) is 12.1 Å². The van der Waals surface area contributed by atoms with Gasteiger partial charge in [0.2, 0.25) is 5.91 Å². The van der Waals surface area contributed by atoms with E-state index in [2.05, 4.69) is 4.98 Å². The Balaban J connectivity index is 1.81. The number of likely N-dealkylation sites (N-methyl/N-ethyl adjacent to an activating group) is 1. The molecule has 0 radical (unpaired) electrons. The van der Waals surface area contributed by atoms with Crippen LogP contribution in [-0.2, 0) is 15.7 Å². The fourth-order valence-corrected chi connectivity index (χ4v) is 5.50. The highest BCUT2D eigenvalue weighted by Gasteiger charge is 2.46. The lowest BCUT2D eigenvalue weighted by atomic mass is 10.1. The lowest BCUT2D eigenvalue weighted by molar-refractivity contribution is -0.137. The van der Waals surface area contributed by atoms with Gasteiger partial charge in [-0.1, -0.05) is 11.6 Å². The zero-order chi connectivity index (χ0) is 28.5. The number of nitrogens with zero attached hydrogens (tertiary/aromatic N) is 5. The number of alkyl halides is 3. The van der Waals surface area contributed by atoms with Crippen molar-refractivity contribution < 1.29 is 32.2 Å². The Bertz CT molecular complexity index is 1270. The highest BCUT2D eigenvalue weighted by Crippen LogP contribution is 2.39. The summed E-state index contributed by atoms with van der Waals surface area (Å²) in [7, 11) is 0.